The Balaban J connectivity index is 2.20. The SMILES string of the molecule is CCCNC(=O)[C@H](C)N(Cc1ccc(Cl)c(Cl)c1)C(=O)CCCN(c1ccc(OC)c(Cl)c1)S(C)(=O)=O. The highest BCUT2D eigenvalue weighted by Gasteiger charge is 2.27. The summed E-state index contributed by atoms with van der Waals surface area (Å²) in [6.07, 6.45) is 2.08. The summed E-state index contributed by atoms with van der Waals surface area (Å²) in [7, 11) is -2.19. The van der Waals surface area contributed by atoms with Gasteiger partial charge in [-0.05, 0) is 55.7 Å². The summed E-state index contributed by atoms with van der Waals surface area (Å²) in [6, 6.07) is 8.94. The van der Waals surface area contributed by atoms with Crippen LogP contribution in [0.3, 0.4) is 0 Å². The van der Waals surface area contributed by atoms with Crippen molar-refractivity contribution < 1.29 is 22.7 Å². The first-order valence-corrected chi connectivity index (χ1v) is 14.7. The van der Waals surface area contributed by atoms with Gasteiger partial charge in [-0.15, -0.1) is 0 Å². The number of halogens is 3. The highest BCUT2D eigenvalue weighted by molar-refractivity contribution is 7.92. The van der Waals surface area contributed by atoms with Crippen LogP contribution in [0.1, 0.15) is 38.7 Å². The molecule has 37 heavy (non-hydrogen) atoms. The predicted molar refractivity (Wildman–Crippen MR) is 149 cm³/mol. The number of rotatable bonds is 13. The van der Waals surface area contributed by atoms with Crippen molar-refractivity contribution in [1.82, 2.24) is 10.2 Å². The molecule has 0 aliphatic rings. The Kier molecular flexibility index (Phi) is 11.8. The number of nitrogens with zero attached hydrogens (tertiary/aromatic N) is 2. The number of hydrogen-bond acceptors (Lipinski definition) is 5. The third-order valence-corrected chi connectivity index (χ3v) is 7.86. The fourth-order valence-electron chi connectivity index (χ4n) is 3.63. The molecule has 0 heterocycles. The van der Waals surface area contributed by atoms with Gasteiger partial charge in [0.25, 0.3) is 0 Å². The molecule has 1 atom stereocenters. The van der Waals surface area contributed by atoms with Crippen molar-refractivity contribution in [3.63, 3.8) is 0 Å². The number of carbonyl (C=O) groups excluding carboxylic acids is 2. The lowest BCUT2D eigenvalue weighted by molar-refractivity contribution is -0.140. The van der Waals surface area contributed by atoms with Crippen LogP contribution in [0.15, 0.2) is 36.4 Å². The van der Waals surface area contributed by atoms with Gasteiger partial charge in [-0.25, -0.2) is 8.42 Å². The number of nitrogens with one attached hydrogen (secondary N) is 1. The van der Waals surface area contributed by atoms with Crippen LogP contribution in [0.4, 0.5) is 5.69 Å². The molecule has 204 valence electrons. The van der Waals surface area contributed by atoms with Crippen molar-refractivity contribution in [3.8, 4) is 5.75 Å². The summed E-state index contributed by atoms with van der Waals surface area (Å²) in [4.78, 5) is 27.4. The zero-order valence-corrected chi connectivity index (χ0v) is 24.3. The highest BCUT2D eigenvalue weighted by Crippen LogP contribution is 2.30. The van der Waals surface area contributed by atoms with Crippen molar-refractivity contribution in [2.45, 2.75) is 45.7 Å². The van der Waals surface area contributed by atoms with E-state index in [0.29, 0.717) is 33.6 Å². The maximum absolute atomic E-state index is 13.3. The number of carbonyl (C=O) groups is 2. The number of hydrogen-bond donors (Lipinski definition) is 1. The summed E-state index contributed by atoms with van der Waals surface area (Å²) in [5.74, 6) is -0.158. The first kappa shape index (κ1) is 31.0. The zero-order chi connectivity index (χ0) is 27.8. The number of ether oxygens (including phenoxy) is 1. The van der Waals surface area contributed by atoms with Crippen LogP contribution in [0.5, 0.6) is 5.75 Å². The first-order valence-electron chi connectivity index (χ1n) is 11.7. The smallest absolute Gasteiger partial charge is 0.242 e. The summed E-state index contributed by atoms with van der Waals surface area (Å²) in [5, 5.41) is 3.81. The van der Waals surface area contributed by atoms with Gasteiger partial charge >= 0.3 is 0 Å². The molecule has 0 saturated heterocycles. The Morgan fingerprint density at radius 2 is 1.76 bits per heavy atom. The molecule has 0 radical (unpaired) electrons. The standard InChI is InChI=1S/C25H32Cl3N3O5S/c1-5-12-29-25(33)17(2)30(16-18-8-10-20(26)21(27)14-18)24(32)7-6-13-31(37(4,34)35)19-9-11-23(36-3)22(28)15-19/h8-11,14-15,17H,5-7,12-13,16H2,1-4H3,(H,29,33)/t17-/m0/s1. The van der Waals surface area contributed by atoms with Gasteiger partial charge in [0.1, 0.15) is 11.8 Å². The van der Waals surface area contributed by atoms with Gasteiger partial charge in [-0.3, -0.25) is 13.9 Å². The number of sulfonamides is 1. The minimum atomic E-state index is -3.65. The quantitative estimate of drug-likeness (QED) is 0.347. The summed E-state index contributed by atoms with van der Waals surface area (Å²) >= 11 is 18.3. The van der Waals surface area contributed by atoms with Gasteiger partial charge in [0.15, 0.2) is 0 Å². The normalized spacial score (nSPS) is 12.1. The molecular weight excluding hydrogens is 561 g/mol. The van der Waals surface area contributed by atoms with Crippen LogP contribution in [0, 0.1) is 0 Å². The fourth-order valence-corrected chi connectivity index (χ4v) is 5.16. The van der Waals surface area contributed by atoms with Crippen molar-refractivity contribution in [2.75, 3.05) is 30.8 Å². The third kappa shape index (κ3) is 8.95. The molecule has 0 spiro atoms. The molecule has 12 heteroatoms. The van der Waals surface area contributed by atoms with Gasteiger partial charge < -0.3 is 15.0 Å². The van der Waals surface area contributed by atoms with Gasteiger partial charge in [-0.1, -0.05) is 47.8 Å². The van der Waals surface area contributed by atoms with E-state index in [1.807, 2.05) is 6.92 Å². The van der Waals surface area contributed by atoms with E-state index < -0.39 is 16.1 Å². The maximum Gasteiger partial charge on any atom is 0.242 e. The number of anilines is 1. The van der Waals surface area contributed by atoms with E-state index in [1.165, 1.54) is 22.4 Å². The number of amides is 2. The minimum Gasteiger partial charge on any atom is -0.495 e. The van der Waals surface area contributed by atoms with E-state index in [0.717, 1.165) is 12.7 Å². The van der Waals surface area contributed by atoms with Gasteiger partial charge in [-0.2, -0.15) is 0 Å². The molecule has 0 bridgehead atoms. The van der Waals surface area contributed by atoms with Crippen LogP contribution in [-0.2, 0) is 26.2 Å². The molecule has 0 aliphatic heterocycles. The second-order valence-corrected chi connectivity index (χ2v) is 11.6. The Hall–Kier alpha value is -2.20. The second kappa shape index (κ2) is 14.1. The maximum atomic E-state index is 13.3. The van der Waals surface area contributed by atoms with Crippen molar-refractivity contribution >= 4 is 62.3 Å². The van der Waals surface area contributed by atoms with Crippen molar-refractivity contribution in [1.29, 1.82) is 0 Å². The molecule has 0 aromatic heterocycles. The van der Waals surface area contributed by atoms with Crippen LogP contribution in [0.25, 0.3) is 0 Å². The second-order valence-electron chi connectivity index (χ2n) is 8.49. The van der Waals surface area contributed by atoms with Gasteiger partial charge in [0.05, 0.1) is 34.1 Å². The highest BCUT2D eigenvalue weighted by atomic mass is 35.5. The Morgan fingerprint density at radius 3 is 2.32 bits per heavy atom. The lowest BCUT2D eigenvalue weighted by atomic mass is 10.1. The zero-order valence-electron chi connectivity index (χ0n) is 21.3. The van der Waals surface area contributed by atoms with Crippen molar-refractivity contribution in [2.24, 2.45) is 0 Å². The lowest BCUT2D eigenvalue weighted by Crippen LogP contribution is -2.47. The molecule has 2 rings (SSSR count). The molecule has 0 unspecified atom stereocenters. The van der Waals surface area contributed by atoms with Crippen LogP contribution >= 0.6 is 34.8 Å². The third-order valence-electron chi connectivity index (χ3n) is 5.63. The predicted octanol–water partition coefficient (Wildman–Crippen LogP) is 5.15. The molecule has 0 saturated carbocycles. The van der Waals surface area contributed by atoms with Gasteiger partial charge in [0.2, 0.25) is 21.8 Å². The largest absolute Gasteiger partial charge is 0.495 e. The first-order chi connectivity index (χ1) is 17.4. The Labute approximate surface area is 233 Å². The summed E-state index contributed by atoms with van der Waals surface area (Å²) in [6.45, 7) is 4.27. The molecule has 0 aliphatic carbocycles. The van der Waals surface area contributed by atoms with Crippen LogP contribution < -0.4 is 14.4 Å². The Morgan fingerprint density at radius 1 is 1.05 bits per heavy atom. The summed E-state index contributed by atoms with van der Waals surface area (Å²) < 4.78 is 31.3. The Bertz CT molecular complexity index is 1210. The van der Waals surface area contributed by atoms with E-state index in [4.69, 9.17) is 39.5 Å². The molecule has 0 fully saturated rings. The van der Waals surface area contributed by atoms with E-state index in [2.05, 4.69) is 5.32 Å². The lowest BCUT2D eigenvalue weighted by Gasteiger charge is -2.29. The van der Waals surface area contributed by atoms with E-state index in [-0.39, 0.29) is 42.8 Å². The number of methoxy groups -OCH3 is 1. The molecule has 2 amide bonds. The van der Waals surface area contributed by atoms with Crippen LogP contribution in [-0.4, -0.2) is 57.6 Å². The van der Waals surface area contributed by atoms with E-state index >= 15 is 0 Å². The average molecular weight is 593 g/mol. The molecular formula is C25H32Cl3N3O5S. The topological polar surface area (TPSA) is 96.0 Å². The average Bonchev–Trinajstić information content (AvgIpc) is 2.84. The van der Waals surface area contributed by atoms with Crippen molar-refractivity contribution in [3.05, 3.63) is 57.0 Å². The molecule has 2 aromatic rings. The molecule has 2 aromatic carbocycles. The minimum absolute atomic E-state index is 0.0165. The fraction of sp³-hybridized carbons (Fsp3) is 0.440. The summed E-state index contributed by atoms with van der Waals surface area (Å²) in [5.41, 5.74) is 1.07. The molecule has 8 nitrogen and oxygen atoms in total. The molecule has 1 N–H and O–H groups in total. The number of benzene rings is 2. The van der Waals surface area contributed by atoms with E-state index in [1.54, 1.807) is 37.3 Å². The van der Waals surface area contributed by atoms with E-state index in [9.17, 15) is 18.0 Å². The van der Waals surface area contributed by atoms with Crippen LogP contribution in [0.2, 0.25) is 15.1 Å². The van der Waals surface area contributed by atoms with Gasteiger partial charge in [0, 0.05) is 26.1 Å². The monoisotopic (exact) mass is 591 g/mol.